The maximum absolute atomic E-state index is 10.4. The van der Waals surface area contributed by atoms with Crippen LogP contribution in [0.2, 0.25) is 0 Å². The largest absolute Gasteiger partial charge is 0.397 e. The molecule has 0 bridgehead atoms. The number of nitrogen functional groups attached to an aromatic ring is 1. The van der Waals surface area contributed by atoms with Crippen molar-refractivity contribution in [3.8, 4) is 0 Å². The molecule has 0 amide bonds. The highest BCUT2D eigenvalue weighted by molar-refractivity contribution is 5.80. The van der Waals surface area contributed by atoms with Crippen LogP contribution in [0.1, 0.15) is 35.9 Å². The molecule has 1 unspecified atom stereocenters. The van der Waals surface area contributed by atoms with Gasteiger partial charge in [0.1, 0.15) is 5.69 Å². The molecule has 1 atom stereocenters. The van der Waals surface area contributed by atoms with Crippen LogP contribution in [0.5, 0.6) is 0 Å². The number of carbonyl (C=O) groups excluding carboxylic acids is 1. The molecule has 7 nitrogen and oxygen atoms in total. The number of pyridine rings is 2. The highest BCUT2D eigenvalue weighted by atomic mass is 16.1. The molecule has 3 heterocycles. The summed E-state index contributed by atoms with van der Waals surface area (Å²) in [6, 6.07) is 5.87. The topological polar surface area (TPSA) is 110 Å². The van der Waals surface area contributed by atoms with E-state index in [9.17, 15) is 4.79 Å². The van der Waals surface area contributed by atoms with Crippen molar-refractivity contribution in [1.29, 1.82) is 0 Å². The Morgan fingerprint density at radius 1 is 1.38 bits per heavy atom. The molecule has 3 rings (SSSR count). The lowest BCUT2D eigenvalue weighted by atomic mass is 10.1. The van der Waals surface area contributed by atoms with Gasteiger partial charge in [-0.2, -0.15) is 0 Å². The molecular formula is C19H28N6O. The predicted octanol–water partition coefficient (Wildman–Crippen LogP) is 2.09. The number of aryl methyl sites for hydroxylation is 1. The predicted molar refractivity (Wildman–Crippen MR) is 107 cm³/mol. The lowest BCUT2D eigenvalue weighted by Crippen LogP contribution is -2.43. The van der Waals surface area contributed by atoms with Gasteiger partial charge in [0, 0.05) is 38.1 Å². The van der Waals surface area contributed by atoms with E-state index < -0.39 is 0 Å². The smallest absolute Gasteiger partial charge is 0.170 e. The summed E-state index contributed by atoms with van der Waals surface area (Å²) in [7, 11) is 1.92. The molecule has 0 aliphatic carbocycles. The first-order valence-corrected chi connectivity index (χ1v) is 8.91. The molecule has 2 aromatic heterocycles. The van der Waals surface area contributed by atoms with Gasteiger partial charge in [-0.1, -0.05) is 6.92 Å². The summed E-state index contributed by atoms with van der Waals surface area (Å²) in [6.45, 7) is 4.01. The van der Waals surface area contributed by atoms with Crippen molar-refractivity contribution in [3.05, 3.63) is 42.0 Å². The molecule has 1 aliphatic rings. The number of aldehydes is 1. The Morgan fingerprint density at radius 2 is 2.19 bits per heavy atom. The molecule has 0 radical (unpaired) electrons. The van der Waals surface area contributed by atoms with E-state index in [1.807, 2.05) is 38.5 Å². The molecule has 7 heteroatoms. The Balaban J connectivity index is 0.000000197. The molecule has 0 spiro atoms. The maximum atomic E-state index is 10.4. The van der Waals surface area contributed by atoms with Gasteiger partial charge in [-0.25, -0.2) is 4.98 Å². The molecule has 140 valence electrons. The molecule has 26 heavy (non-hydrogen) atoms. The van der Waals surface area contributed by atoms with E-state index in [-0.39, 0.29) is 0 Å². The highest BCUT2D eigenvalue weighted by Gasteiger charge is 2.18. The van der Waals surface area contributed by atoms with E-state index in [0.717, 1.165) is 37.3 Å². The standard InChI is InChI=1S/C11H18N4.C8H10N2O/c1-13-10-7-14-5-4-11(10)15-6-2-3-9(12)8-15;1-2-6-3-4-7(9)8(5-11)10-6/h4-5,7,9,13H,2-3,6,8,12H2,1H3;3-5H,2,9H2,1H3. The summed E-state index contributed by atoms with van der Waals surface area (Å²) in [4.78, 5) is 20.8. The molecule has 0 saturated carbocycles. The Morgan fingerprint density at radius 3 is 2.85 bits per heavy atom. The van der Waals surface area contributed by atoms with Gasteiger partial charge >= 0.3 is 0 Å². The third-order valence-electron chi connectivity index (χ3n) is 4.35. The van der Waals surface area contributed by atoms with Gasteiger partial charge in [0.2, 0.25) is 0 Å². The van der Waals surface area contributed by atoms with Crippen LogP contribution in [-0.2, 0) is 6.42 Å². The second kappa shape index (κ2) is 9.72. The fraction of sp³-hybridized carbons (Fsp3) is 0.421. The van der Waals surface area contributed by atoms with Gasteiger partial charge < -0.3 is 21.7 Å². The van der Waals surface area contributed by atoms with E-state index in [4.69, 9.17) is 11.5 Å². The number of hydrogen-bond donors (Lipinski definition) is 3. The van der Waals surface area contributed by atoms with Crippen molar-refractivity contribution >= 4 is 23.3 Å². The lowest BCUT2D eigenvalue weighted by Gasteiger charge is -2.33. The van der Waals surface area contributed by atoms with E-state index in [0.29, 0.717) is 23.7 Å². The summed E-state index contributed by atoms with van der Waals surface area (Å²) in [5.74, 6) is 0. The summed E-state index contributed by atoms with van der Waals surface area (Å²) < 4.78 is 0. The number of nitrogens with zero attached hydrogens (tertiary/aromatic N) is 3. The van der Waals surface area contributed by atoms with Gasteiger partial charge in [0.25, 0.3) is 0 Å². The Labute approximate surface area is 154 Å². The zero-order valence-corrected chi connectivity index (χ0v) is 15.5. The first-order chi connectivity index (χ1) is 12.6. The minimum atomic E-state index is 0.302. The van der Waals surface area contributed by atoms with Gasteiger partial charge in [-0.15, -0.1) is 0 Å². The van der Waals surface area contributed by atoms with Crippen LogP contribution >= 0.6 is 0 Å². The second-order valence-electron chi connectivity index (χ2n) is 6.24. The molecule has 0 aromatic carbocycles. The Bertz CT molecular complexity index is 721. The summed E-state index contributed by atoms with van der Waals surface area (Å²) in [5.41, 5.74) is 15.4. The van der Waals surface area contributed by atoms with Crippen LogP contribution in [0.4, 0.5) is 17.1 Å². The van der Waals surface area contributed by atoms with Crippen molar-refractivity contribution in [2.45, 2.75) is 32.2 Å². The zero-order valence-electron chi connectivity index (χ0n) is 15.5. The Kier molecular flexibility index (Phi) is 7.35. The molecule has 5 N–H and O–H groups in total. The quantitative estimate of drug-likeness (QED) is 0.719. The van der Waals surface area contributed by atoms with Crippen LogP contribution in [0.15, 0.2) is 30.6 Å². The summed E-state index contributed by atoms with van der Waals surface area (Å²) >= 11 is 0. The zero-order chi connectivity index (χ0) is 18.9. The van der Waals surface area contributed by atoms with Crippen LogP contribution in [-0.4, -0.2) is 42.4 Å². The normalized spacial score (nSPS) is 16.4. The fourth-order valence-electron chi connectivity index (χ4n) is 2.90. The second-order valence-corrected chi connectivity index (χ2v) is 6.24. The minimum absolute atomic E-state index is 0.302. The van der Waals surface area contributed by atoms with Crippen LogP contribution < -0.4 is 21.7 Å². The SMILES string of the molecule is CCc1ccc(N)c(C=O)n1.CNc1cnccc1N1CCCC(N)C1. The highest BCUT2D eigenvalue weighted by Crippen LogP contribution is 2.26. The third kappa shape index (κ3) is 5.16. The molecule has 1 aliphatic heterocycles. The van der Waals surface area contributed by atoms with Crippen molar-refractivity contribution in [1.82, 2.24) is 9.97 Å². The lowest BCUT2D eigenvalue weighted by molar-refractivity contribution is 0.111. The number of nitrogens with two attached hydrogens (primary N) is 2. The maximum Gasteiger partial charge on any atom is 0.170 e. The van der Waals surface area contributed by atoms with Crippen LogP contribution in [0.25, 0.3) is 0 Å². The average Bonchev–Trinajstić information content (AvgIpc) is 2.69. The molecule has 1 fully saturated rings. The van der Waals surface area contributed by atoms with Crippen molar-refractivity contribution < 1.29 is 4.79 Å². The van der Waals surface area contributed by atoms with E-state index in [1.54, 1.807) is 6.07 Å². The number of hydrogen-bond acceptors (Lipinski definition) is 7. The van der Waals surface area contributed by atoms with Crippen molar-refractivity contribution in [3.63, 3.8) is 0 Å². The van der Waals surface area contributed by atoms with Gasteiger partial charge in [-0.3, -0.25) is 9.78 Å². The monoisotopic (exact) mass is 356 g/mol. The van der Waals surface area contributed by atoms with Crippen LogP contribution in [0, 0.1) is 0 Å². The van der Waals surface area contributed by atoms with Crippen molar-refractivity contribution in [2.75, 3.05) is 36.1 Å². The number of rotatable bonds is 4. The number of carbonyl (C=O) groups is 1. The number of anilines is 3. The third-order valence-corrected chi connectivity index (χ3v) is 4.35. The molecule has 2 aromatic rings. The number of piperidine rings is 1. The van der Waals surface area contributed by atoms with Crippen molar-refractivity contribution in [2.24, 2.45) is 5.73 Å². The summed E-state index contributed by atoms with van der Waals surface area (Å²) in [5, 5.41) is 3.16. The van der Waals surface area contributed by atoms with Crippen LogP contribution in [0.3, 0.4) is 0 Å². The minimum Gasteiger partial charge on any atom is -0.397 e. The Hall–Kier alpha value is -2.67. The number of nitrogens with one attached hydrogen (secondary N) is 1. The molecular weight excluding hydrogens is 328 g/mol. The fourth-order valence-corrected chi connectivity index (χ4v) is 2.90. The van der Waals surface area contributed by atoms with E-state index in [2.05, 4.69) is 20.2 Å². The van der Waals surface area contributed by atoms with E-state index >= 15 is 0 Å². The number of aromatic nitrogens is 2. The summed E-state index contributed by atoms with van der Waals surface area (Å²) in [6.07, 6.45) is 7.49. The molecule has 1 saturated heterocycles. The van der Waals surface area contributed by atoms with Gasteiger partial charge in [0.05, 0.1) is 23.3 Å². The van der Waals surface area contributed by atoms with E-state index in [1.165, 1.54) is 12.1 Å². The van der Waals surface area contributed by atoms with Gasteiger partial charge in [-0.05, 0) is 37.5 Å². The first kappa shape index (κ1) is 19.7. The average molecular weight is 356 g/mol. The first-order valence-electron chi connectivity index (χ1n) is 8.91. The van der Waals surface area contributed by atoms with Gasteiger partial charge in [0.15, 0.2) is 6.29 Å².